The summed E-state index contributed by atoms with van der Waals surface area (Å²) in [6.07, 6.45) is 0.979. The van der Waals surface area contributed by atoms with Gasteiger partial charge in [0.25, 0.3) is 0 Å². The van der Waals surface area contributed by atoms with Gasteiger partial charge >= 0.3 is 0 Å². The van der Waals surface area contributed by atoms with Gasteiger partial charge in [-0.3, -0.25) is 0 Å². The highest BCUT2D eigenvalue weighted by molar-refractivity contribution is 5.83. The van der Waals surface area contributed by atoms with Gasteiger partial charge in [-0.15, -0.1) is 0 Å². The number of fused-ring (bicyclic) bond motifs is 5. The number of ether oxygens (including phenoxy) is 1. The Labute approximate surface area is 117 Å². The van der Waals surface area contributed by atoms with Gasteiger partial charge in [0.2, 0.25) is 0 Å². The van der Waals surface area contributed by atoms with E-state index in [-0.39, 0.29) is 0 Å². The van der Waals surface area contributed by atoms with E-state index in [1.807, 2.05) is 18.2 Å². The molecule has 2 heterocycles. The minimum Gasteiger partial charge on any atom is -0.496 e. The van der Waals surface area contributed by atoms with Crippen molar-refractivity contribution in [2.45, 2.75) is 19.4 Å². The summed E-state index contributed by atoms with van der Waals surface area (Å²) in [6.45, 7) is 2.24. The first-order valence-electron chi connectivity index (χ1n) is 6.93. The Morgan fingerprint density at radius 1 is 1.15 bits per heavy atom. The van der Waals surface area contributed by atoms with Gasteiger partial charge in [-0.2, -0.15) is 0 Å². The Bertz CT molecular complexity index is 804. The van der Waals surface area contributed by atoms with Crippen LogP contribution in [0.5, 0.6) is 5.75 Å². The number of aromatic nitrogens is 2. The van der Waals surface area contributed by atoms with E-state index in [0.29, 0.717) is 6.04 Å². The van der Waals surface area contributed by atoms with Crippen molar-refractivity contribution in [1.82, 2.24) is 9.55 Å². The highest BCUT2D eigenvalue weighted by atomic mass is 16.5. The van der Waals surface area contributed by atoms with E-state index >= 15 is 0 Å². The van der Waals surface area contributed by atoms with Crippen LogP contribution in [0.15, 0.2) is 42.5 Å². The second kappa shape index (κ2) is 4.10. The molecule has 3 heteroatoms. The summed E-state index contributed by atoms with van der Waals surface area (Å²) in [6, 6.07) is 14.9. The molecule has 1 aliphatic rings. The number of methoxy groups -OCH3 is 1. The van der Waals surface area contributed by atoms with Crippen molar-refractivity contribution in [3.05, 3.63) is 48.0 Å². The molecule has 0 spiro atoms. The van der Waals surface area contributed by atoms with Crippen LogP contribution in [-0.4, -0.2) is 16.7 Å². The van der Waals surface area contributed by atoms with Gasteiger partial charge < -0.3 is 9.30 Å². The Morgan fingerprint density at radius 2 is 2.00 bits per heavy atom. The predicted octanol–water partition coefficient (Wildman–Crippen LogP) is 3.83. The standard InChI is InChI=1S/C17H16N2O/c1-11-10-13-12(6-5-9-16(13)20-2)17-18-14-7-3-4-8-15(14)19(11)17/h3-9,11H,10H2,1-2H3. The molecule has 1 unspecified atom stereocenters. The van der Waals surface area contributed by atoms with Crippen molar-refractivity contribution in [3.8, 4) is 17.1 Å². The summed E-state index contributed by atoms with van der Waals surface area (Å²) in [5, 5.41) is 0. The monoisotopic (exact) mass is 264 g/mol. The third-order valence-corrected chi connectivity index (χ3v) is 4.13. The molecule has 20 heavy (non-hydrogen) atoms. The van der Waals surface area contributed by atoms with E-state index < -0.39 is 0 Å². The fourth-order valence-corrected chi connectivity index (χ4v) is 3.24. The maximum Gasteiger partial charge on any atom is 0.141 e. The zero-order valence-corrected chi connectivity index (χ0v) is 11.6. The van der Waals surface area contributed by atoms with Crippen molar-refractivity contribution in [2.24, 2.45) is 0 Å². The molecule has 0 saturated carbocycles. The molecule has 0 radical (unpaired) electrons. The SMILES string of the molecule is COc1cccc2c1CC(C)n1c-2nc2ccccc21. The summed E-state index contributed by atoms with van der Waals surface area (Å²) in [5.41, 5.74) is 4.73. The van der Waals surface area contributed by atoms with E-state index in [9.17, 15) is 0 Å². The zero-order chi connectivity index (χ0) is 13.7. The van der Waals surface area contributed by atoms with Crippen molar-refractivity contribution in [3.63, 3.8) is 0 Å². The molecule has 2 aromatic carbocycles. The number of hydrogen-bond donors (Lipinski definition) is 0. The lowest BCUT2D eigenvalue weighted by atomic mass is 9.95. The molecule has 0 bridgehead atoms. The van der Waals surface area contributed by atoms with E-state index in [2.05, 4.69) is 35.8 Å². The number of imidazole rings is 1. The lowest BCUT2D eigenvalue weighted by molar-refractivity contribution is 0.404. The fourth-order valence-electron chi connectivity index (χ4n) is 3.24. The average molecular weight is 264 g/mol. The molecule has 3 nitrogen and oxygen atoms in total. The largest absolute Gasteiger partial charge is 0.496 e. The van der Waals surface area contributed by atoms with Crippen molar-refractivity contribution >= 4 is 11.0 Å². The Hall–Kier alpha value is -2.29. The van der Waals surface area contributed by atoms with Crippen LogP contribution in [0, 0.1) is 0 Å². The molecular formula is C17H16N2O. The molecule has 0 amide bonds. The molecule has 4 rings (SSSR count). The molecule has 0 fully saturated rings. The molecule has 100 valence electrons. The van der Waals surface area contributed by atoms with Gasteiger partial charge in [0, 0.05) is 17.2 Å². The van der Waals surface area contributed by atoms with Crippen LogP contribution >= 0.6 is 0 Å². The van der Waals surface area contributed by atoms with Crippen molar-refractivity contribution < 1.29 is 4.74 Å². The lowest BCUT2D eigenvalue weighted by Crippen LogP contribution is -2.16. The Kier molecular flexibility index (Phi) is 2.36. The minimum atomic E-state index is 0.390. The van der Waals surface area contributed by atoms with Gasteiger partial charge in [0.1, 0.15) is 11.6 Å². The second-order valence-corrected chi connectivity index (χ2v) is 5.33. The highest BCUT2D eigenvalue weighted by Gasteiger charge is 2.26. The molecular weight excluding hydrogens is 248 g/mol. The number of para-hydroxylation sites is 2. The second-order valence-electron chi connectivity index (χ2n) is 5.33. The van der Waals surface area contributed by atoms with Crippen LogP contribution in [0.1, 0.15) is 18.5 Å². The number of benzene rings is 2. The van der Waals surface area contributed by atoms with E-state index in [1.54, 1.807) is 7.11 Å². The average Bonchev–Trinajstić information content (AvgIpc) is 2.87. The fraction of sp³-hybridized carbons (Fsp3) is 0.235. The van der Waals surface area contributed by atoms with Crippen molar-refractivity contribution in [2.75, 3.05) is 7.11 Å². The summed E-state index contributed by atoms with van der Waals surface area (Å²) in [5.74, 6) is 2.02. The molecule has 0 N–H and O–H groups in total. The van der Waals surface area contributed by atoms with Gasteiger partial charge in [-0.05, 0) is 31.5 Å². The smallest absolute Gasteiger partial charge is 0.141 e. The third-order valence-electron chi connectivity index (χ3n) is 4.13. The number of hydrogen-bond acceptors (Lipinski definition) is 2. The quantitative estimate of drug-likeness (QED) is 0.668. The topological polar surface area (TPSA) is 27.1 Å². The summed E-state index contributed by atoms with van der Waals surface area (Å²) < 4.78 is 7.86. The first-order chi connectivity index (χ1) is 9.79. The van der Waals surface area contributed by atoms with Gasteiger partial charge in [0.15, 0.2) is 0 Å². The van der Waals surface area contributed by atoms with E-state index in [0.717, 1.165) is 23.5 Å². The first kappa shape index (κ1) is 11.5. The number of nitrogens with zero attached hydrogens (tertiary/aromatic N) is 2. The Balaban J connectivity index is 2.08. The first-order valence-corrected chi connectivity index (χ1v) is 6.93. The maximum absolute atomic E-state index is 5.51. The highest BCUT2D eigenvalue weighted by Crippen LogP contribution is 2.40. The van der Waals surface area contributed by atoms with Gasteiger partial charge in [0.05, 0.1) is 18.1 Å². The molecule has 0 saturated heterocycles. The van der Waals surface area contributed by atoms with Gasteiger partial charge in [-0.25, -0.2) is 4.98 Å². The summed E-state index contributed by atoms with van der Waals surface area (Å²) in [7, 11) is 1.73. The van der Waals surface area contributed by atoms with Crippen LogP contribution in [0.4, 0.5) is 0 Å². The molecule has 1 aliphatic heterocycles. The van der Waals surface area contributed by atoms with Crippen LogP contribution in [0.2, 0.25) is 0 Å². The third kappa shape index (κ3) is 1.43. The normalized spacial score (nSPS) is 16.8. The lowest BCUT2D eigenvalue weighted by Gasteiger charge is -2.26. The molecule has 0 aliphatic carbocycles. The van der Waals surface area contributed by atoms with E-state index in [4.69, 9.17) is 9.72 Å². The molecule has 1 atom stereocenters. The number of rotatable bonds is 1. The maximum atomic E-state index is 5.51. The van der Waals surface area contributed by atoms with E-state index in [1.165, 1.54) is 16.6 Å². The minimum absolute atomic E-state index is 0.390. The van der Waals surface area contributed by atoms with Crippen LogP contribution < -0.4 is 4.74 Å². The van der Waals surface area contributed by atoms with Gasteiger partial charge in [-0.1, -0.05) is 24.3 Å². The summed E-state index contributed by atoms with van der Waals surface area (Å²) >= 11 is 0. The Morgan fingerprint density at radius 3 is 2.85 bits per heavy atom. The van der Waals surface area contributed by atoms with Crippen LogP contribution in [0.3, 0.4) is 0 Å². The zero-order valence-electron chi connectivity index (χ0n) is 11.6. The summed E-state index contributed by atoms with van der Waals surface area (Å²) in [4.78, 5) is 4.83. The predicted molar refractivity (Wildman–Crippen MR) is 80.1 cm³/mol. The van der Waals surface area contributed by atoms with Crippen LogP contribution in [-0.2, 0) is 6.42 Å². The molecule has 3 aromatic rings. The van der Waals surface area contributed by atoms with Crippen molar-refractivity contribution in [1.29, 1.82) is 0 Å². The van der Waals surface area contributed by atoms with Crippen LogP contribution in [0.25, 0.3) is 22.4 Å². The molecule has 1 aromatic heterocycles.